The SMILES string of the molecule is COc1ccc(N(CCCCCO)S(=O)(=O)c2c(F)c(F)c(F)c(F)c2F)cc1O. The van der Waals surface area contributed by atoms with Gasteiger partial charge in [0.15, 0.2) is 39.7 Å². The molecular weight excluding hydrogens is 437 g/mol. The first-order valence-electron chi connectivity index (χ1n) is 8.60. The lowest BCUT2D eigenvalue weighted by Crippen LogP contribution is -2.34. The molecule has 0 amide bonds. The molecule has 0 bridgehead atoms. The number of ether oxygens (including phenoxy) is 1. The number of hydrogen-bond acceptors (Lipinski definition) is 5. The first-order valence-corrected chi connectivity index (χ1v) is 10.0. The van der Waals surface area contributed by atoms with Crippen molar-refractivity contribution >= 4 is 15.7 Å². The summed E-state index contributed by atoms with van der Waals surface area (Å²) in [4.78, 5) is -2.00. The maximum Gasteiger partial charge on any atom is 0.270 e. The van der Waals surface area contributed by atoms with E-state index in [1.165, 1.54) is 13.2 Å². The summed E-state index contributed by atoms with van der Waals surface area (Å²) in [6.45, 7) is -0.610. The van der Waals surface area contributed by atoms with Crippen molar-refractivity contribution in [2.24, 2.45) is 0 Å². The summed E-state index contributed by atoms with van der Waals surface area (Å²) in [6.07, 6.45) is 0.689. The summed E-state index contributed by atoms with van der Waals surface area (Å²) < 4.78 is 100. The Labute approximate surface area is 169 Å². The van der Waals surface area contributed by atoms with Crippen molar-refractivity contribution in [3.05, 3.63) is 47.3 Å². The van der Waals surface area contributed by atoms with Gasteiger partial charge in [-0.3, -0.25) is 4.31 Å². The van der Waals surface area contributed by atoms with Crippen molar-refractivity contribution in [2.45, 2.75) is 24.2 Å². The number of phenols is 1. The Morgan fingerprint density at radius 1 is 0.933 bits per heavy atom. The van der Waals surface area contributed by atoms with Crippen LogP contribution in [-0.2, 0) is 10.0 Å². The highest BCUT2D eigenvalue weighted by Gasteiger charge is 2.37. The smallest absolute Gasteiger partial charge is 0.270 e. The van der Waals surface area contributed by atoms with Crippen LogP contribution < -0.4 is 9.04 Å². The number of aliphatic hydroxyl groups is 1. The number of anilines is 1. The number of aliphatic hydroxyl groups excluding tert-OH is 1. The summed E-state index contributed by atoms with van der Waals surface area (Å²) in [5.41, 5.74) is -0.291. The van der Waals surface area contributed by atoms with E-state index >= 15 is 0 Å². The minimum Gasteiger partial charge on any atom is -0.504 e. The normalized spacial score (nSPS) is 11.6. The van der Waals surface area contributed by atoms with Crippen LogP contribution in [0.3, 0.4) is 0 Å². The topological polar surface area (TPSA) is 87.1 Å². The average Bonchev–Trinajstić information content (AvgIpc) is 2.70. The van der Waals surface area contributed by atoms with Crippen LogP contribution in [0.25, 0.3) is 0 Å². The van der Waals surface area contributed by atoms with Gasteiger partial charge in [-0.15, -0.1) is 0 Å². The molecule has 12 heteroatoms. The van der Waals surface area contributed by atoms with Gasteiger partial charge >= 0.3 is 0 Å². The van der Waals surface area contributed by atoms with Gasteiger partial charge in [0.1, 0.15) is 0 Å². The molecule has 0 atom stereocenters. The number of methoxy groups -OCH3 is 1. The first-order chi connectivity index (χ1) is 14.1. The fourth-order valence-corrected chi connectivity index (χ4v) is 4.30. The van der Waals surface area contributed by atoms with E-state index in [-0.39, 0.29) is 24.5 Å². The molecule has 0 aliphatic carbocycles. The van der Waals surface area contributed by atoms with Crippen LogP contribution in [0.15, 0.2) is 23.1 Å². The molecule has 0 aliphatic heterocycles. The predicted octanol–water partition coefficient (Wildman–Crippen LogP) is 3.45. The molecule has 0 saturated heterocycles. The van der Waals surface area contributed by atoms with Crippen molar-refractivity contribution in [1.29, 1.82) is 0 Å². The average molecular weight is 455 g/mol. The summed E-state index contributed by atoms with van der Waals surface area (Å²) in [5.74, 6) is -12.8. The molecular formula is C18H18F5NO5S. The van der Waals surface area contributed by atoms with Gasteiger partial charge in [0, 0.05) is 19.2 Å². The summed E-state index contributed by atoms with van der Waals surface area (Å²) in [5, 5.41) is 18.8. The van der Waals surface area contributed by atoms with E-state index in [1.807, 2.05) is 0 Å². The Morgan fingerprint density at radius 3 is 2.00 bits per heavy atom. The molecule has 6 nitrogen and oxygen atoms in total. The van der Waals surface area contributed by atoms with E-state index in [0.29, 0.717) is 17.1 Å². The van der Waals surface area contributed by atoms with Crippen molar-refractivity contribution in [3.8, 4) is 11.5 Å². The predicted molar refractivity (Wildman–Crippen MR) is 96.4 cm³/mol. The Hall–Kier alpha value is -2.60. The Morgan fingerprint density at radius 2 is 1.50 bits per heavy atom. The van der Waals surface area contributed by atoms with Gasteiger partial charge in [0.05, 0.1) is 12.8 Å². The Kier molecular flexibility index (Phi) is 7.48. The lowest BCUT2D eigenvalue weighted by atomic mass is 10.2. The number of phenolic OH excluding ortho intramolecular Hbond substituents is 1. The lowest BCUT2D eigenvalue weighted by molar-refractivity contribution is 0.283. The molecule has 0 aliphatic rings. The number of halogens is 5. The third-order valence-corrected chi connectivity index (χ3v) is 6.04. The number of rotatable bonds is 9. The van der Waals surface area contributed by atoms with Crippen LogP contribution in [0, 0.1) is 29.1 Å². The molecule has 0 fully saturated rings. The fraction of sp³-hybridized carbons (Fsp3) is 0.333. The van der Waals surface area contributed by atoms with Crippen molar-refractivity contribution in [3.63, 3.8) is 0 Å². The molecule has 0 saturated carbocycles. The van der Waals surface area contributed by atoms with Crippen LogP contribution in [0.4, 0.5) is 27.6 Å². The minimum absolute atomic E-state index is 0.0346. The molecule has 0 spiro atoms. The molecule has 0 radical (unpaired) electrons. The zero-order chi connectivity index (χ0) is 22.6. The van der Waals surface area contributed by atoms with Gasteiger partial charge in [0.2, 0.25) is 5.82 Å². The molecule has 2 rings (SSSR count). The summed E-state index contributed by atoms with van der Waals surface area (Å²) >= 11 is 0. The zero-order valence-corrected chi connectivity index (χ0v) is 16.4. The lowest BCUT2D eigenvalue weighted by Gasteiger charge is -2.25. The fourth-order valence-electron chi connectivity index (χ4n) is 2.69. The second-order valence-electron chi connectivity index (χ2n) is 6.12. The van der Waals surface area contributed by atoms with Crippen LogP contribution in [-0.4, -0.2) is 38.9 Å². The summed E-state index contributed by atoms with van der Waals surface area (Å²) in [7, 11) is -4.05. The van der Waals surface area contributed by atoms with Gasteiger partial charge < -0.3 is 14.9 Å². The summed E-state index contributed by atoms with van der Waals surface area (Å²) in [6, 6.07) is 3.21. The van der Waals surface area contributed by atoms with E-state index in [4.69, 9.17) is 9.84 Å². The monoisotopic (exact) mass is 455 g/mol. The van der Waals surface area contributed by atoms with E-state index in [9.17, 15) is 35.5 Å². The van der Waals surface area contributed by atoms with Gasteiger partial charge in [-0.05, 0) is 31.4 Å². The van der Waals surface area contributed by atoms with Gasteiger partial charge in [-0.25, -0.2) is 30.4 Å². The second-order valence-corrected chi connectivity index (χ2v) is 7.92. The van der Waals surface area contributed by atoms with Crippen LogP contribution in [0.1, 0.15) is 19.3 Å². The molecule has 2 aromatic carbocycles. The largest absolute Gasteiger partial charge is 0.504 e. The number of benzene rings is 2. The number of aromatic hydroxyl groups is 1. The highest BCUT2D eigenvalue weighted by Crippen LogP contribution is 2.35. The highest BCUT2D eigenvalue weighted by molar-refractivity contribution is 7.92. The number of sulfonamides is 1. The third-order valence-electron chi connectivity index (χ3n) is 4.19. The molecule has 2 N–H and O–H groups in total. The Balaban J connectivity index is 2.64. The standard InChI is InChI=1S/C18H18F5NO5S/c1-29-12-6-5-10(9-11(12)26)24(7-3-2-4-8-25)30(27,28)18-16(22)14(20)13(19)15(21)17(18)23/h5-6,9,25-26H,2-4,7-8H2,1H3. The Bertz CT molecular complexity index is 1000. The van der Waals surface area contributed by atoms with Gasteiger partial charge in [0.25, 0.3) is 10.0 Å². The van der Waals surface area contributed by atoms with Gasteiger partial charge in [-0.1, -0.05) is 0 Å². The number of hydrogen-bond donors (Lipinski definition) is 2. The minimum atomic E-state index is -5.28. The van der Waals surface area contributed by atoms with Crippen molar-refractivity contribution in [1.82, 2.24) is 0 Å². The third kappa shape index (κ3) is 4.43. The van der Waals surface area contributed by atoms with E-state index in [0.717, 1.165) is 12.1 Å². The molecule has 2 aromatic rings. The molecule has 30 heavy (non-hydrogen) atoms. The van der Waals surface area contributed by atoms with E-state index in [2.05, 4.69) is 0 Å². The van der Waals surface area contributed by atoms with Crippen molar-refractivity contribution in [2.75, 3.05) is 24.6 Å². The van der Waals surface area contributed by atoms with Crippen molar-refractivity contribution < 1.29 is 45.3 Å². The van der Waals surface area contributed by atoms with Crippen LogP contribution >= 0.6 is 0 Å². The van der Waals surface area contributed by atoms with Crippen LogP contribution in [0.2, 0.25) is 0 Å². The number of unbranched alkanes of at least 4 members (excludes halogenated alkanes) is 2. The van der Waals surface area contributed by atoms with Gasteiger partial charge in [-0.2, -0.15) is 0 Å². The quantitative estimate of drug-likeness (QED) is 0.262. The molecule has 0 unspecified atom stereocenters. The van der Waals surface area contributed by atoms with E-state index in [1.54, 1.807) is 0 Å². The molecule has 0 aromatic heterocycles. The number of nitrogens with zero attached hydrogens (tertiary/aromatic N) is 1. The first kappa shape index (κ1) is 23.7. The van der Waals surface area contributed by atoms with Crippen LogP contribution in [0.5, 0.6) is 11.5 Å². The zero-order valence-electron chi connectivity index (χ0n) is 15.6. The molecule has 0 heterocycles. The second kappa shape index (κ2) is 9.47. The molecule has 166 valence electrons. The van der Waals surface area contributed by atoms with E-state index < -0.39 is 56.3 Å². The maximum atomic E-state index is 14.2. The maximum absolute atomic E-state index is 14.2. The highest BCUT2D eigenvalue weighted by atomic mass is 32.2.